The van der Waals surface area contributed by atoms with Crippen LogP contribution in [-0.4, -0.2) is 9.97 Å². The predicted octanol–water partition coefficient (Wildman–Crippen LogP) is 2.72. The monoisotopic (exact) mass is 264 g/mol. The first-order valence-electron chi connectivity index (χ1n) is 5.72. The zero-order valence-corrected chi connectivity index (χ0v) is 10.2. The number of nitrogens with zero attached hydrogens (tertiary/aromatic N) is 1. The van der Waals surface area contributed by atoms with E-state index in [4.69, 9.17) is 11.6 Å². The second-order valence-electron chi connectivity index (χ2n) is 4.32. The molecular formula is C13H10ClFN2O. The summed E-state index contributed by atoms with van der Waals surface area (Å²) in [5, 5.41) is 0.0576. The highest BCUT2D eigenvalue weighted by atomic mass is 35.5. The Kier molecular flexibility index (Phi) is 2.67. The van der Waals surface area contributed by atoms with Gasteiger partial charge in [-0.2, -0.15) is 0 Å². The third kappa shape index (κ3) is 1.82. The van der Waals surface area contributed by atoms with Crippen LogP contribution in [-0.2, 0) is 12.8 Å². The molecule has 0 bridgehead atoms. The molecule has 0 radical (unpaired) electrons. The van der Waals surface area contributed by atoms with Gasteiger partial charge in [0.05, 0.1) is 10.7 Å². The van der Waals surface area contributed by atoms with Gasteiger partial charge in [-0.15, -0.1) is 0 Å². The quantitative estimate of drug-likeness (QED) is 0.861. The van der Waals surface area contributed by atoms with Crippen molar-refractivity contribution in [2.24, 2.45) is 0 Å². The maximum Gasteiger partial charge on any atom is 0.254 e. The number of halogens is 2. The van der Waals surface area contributed by atoms with Gasteiger partial charge in [0.15, 0.2) is 0 Å². The molecule has 0 amide bonds. The van der Waals surface area contributed by atoms with Crippen LogP contribution in [0, 0.1) is 5.82 Å². The lowest BCUT2D eigenvalue weighted by Gasteiger charge is -2.04. The minimum atomic E-state index is -0.516. The molecule has 1 aromatic heterocycles. The fourth-order valence-corrected chi connectivity index (χ4v) is 2.34. The van der Waals surface area contributed by atoms with Gasteiger partial charge in [0, 0.05) is 11.1 Å². The van der Waals surface area contributed by atoms with Crippen LogP contribution < -0.4 is 5.56 Å². The SMILES string of the molecule is O=c1[nH]c(-c2ccc(Cl)c(F)c2)nc2c1CCC2. The summed E-state index contributed by atoms with van der Waals surface area (Å²) in [6.07, 6.45) is 2.53. The Balaban J connectivity index is 2.15. The highest BCUT2D eigenvalue weighted by Gasteiger charge is 2.17. The molecule has 0 atom stereocenters. The summed E-state index contributed by atoms with van der Waals surface area (Å²) in [5.41, 5.74) is 1.99. The first-order valence-corrected chi connectivity index (χ1v) is 6.10. The summed E-state index contributed by atoms with van der Waals surface area (Å²) in [6.45, 7) is 0. The van der Waals surface area contributed by atoms with Gasteiger partial charge in [-0.1, -0.05) is 11.6 Å². The summed E-state index contributed by atoms with van der Waals surface area (Å²) in [4.78, 5) is 18.9. The lowest BCUT2D eigenvalue weighted by atomic mass is 10.2. The van der Waals surface area contributed by atoms with E-state index in [1.54, 1.807) is 6.07 Å². The topological polar surface area (TPSA) is 45.8 Å². The molecule has 5 heteroatoms. The summed E-state index contributed by atoms with van der Waals surface area (Å²) in [7, 11) is 0. The van der Waals surface area contributed by atoms with Gasteiger partial charge in [0.2, 0.25) is 0 Å². The minimum Gasteiger partial charge on any atom is -0.306 e. The van der Waals surface area contributed by atoms with E-state index in [1.165, 1.54) is 12.1 Å². The van der Waals surface area contributed by atoms with Gasteiger partial charge >= 0.3 is 0 Å². The second-order valence-corrected chi connectivity index (χ2v) is 4.73. The van der Waals surface area contributed by atoms with Crippen molar-refractivity contribution in [3.8, 4) is 11.4 Å². The zero-order chi connectivity index (χ0) is 12.7. The number of hydrogen-bond acceptors (Lipinski definition) is 2. The lowest BCUT2D eigenvalue weighted by molar-refractivity contribution is 0.628. The van der Waals surface area contributed by atoms with Crippen molar-refractivity contribution >= 4 is 11.6 Å². The minimum absolute atomic E-state index is 0.0576. The summed E-state index contributed by atoms with van der Waals surface area (Å²) in [6, 6.07) is 4.38. The van der Waals surface area contributed by atoms with Crippen LogP contribution in [0.1, 0.15) is 17.7 Å². The van der Waals surface area contributed by atoms with E-state index in [0.29, 0.717) is 11.4 Å². The molecule has 0 unspecified atom stereocenters. The van der Waals surface area contributed by atoms with E-state index in [9.17, 15) is 9.18 Å². The Morgan fingerprint density at radius 1 is 1.33 bits per heavy atom. The fourth-order valence-electron chi connectivity index (χ4n) is 2.22. The van der Waals surface area contributed by atoms with E-state index in [-0.39, 0.29) is 10.6 Å². The molecule has 1 aliphatic carbocycles. The molecule has 92 valence electrons. The molecule has 0 aliphatic heterocycles. The number of hydrogen-bond donors (Lipinski definition) is 1. The largest absolute Gasteiger partial charge is 0.306 e. The van der Waals surface area contributed by atoms with Crippen LogP contribution in [0.3, 0.4) is 0 Å². The van der Waals surface area contributed by atoms with Crippen LogP contribution in [0.25, 0.3) is 11.4 Å². The van der Waals surface area contributed by atoms with Gasteiger partial charge in [0.1, 0.15) is 11.6 Å². The van der Waals surface area contributed by atoms with Crippen LogP contribution >= 0.6 is 11.6 Å². The van der Waals surface area contributed by atoms with Crippen molar-refractivity contribution < 1.29 is 4.39 Å². The number of aromatic amines is 1. The normalized spacial score (nSPS) is 13.7. The van der Waals surface area contributed by atoms with Gasteiger partial charge in [0.25, 0.3) is 5.56 Å². The van der Waals surface area contributed by atoms with Crippen molar-refractivity contribution in [3.05, 3.63) is 50.7 Å². The molecule has 0 fully saturated rings. The van der Waals surface area contributed by atoms with Gasteiger partial charge in [-0.25, -0.2) is 9.37 Å². The number of benzene rings is 1. The molecule has 0 spiro atoms. The third-order valence-corrected chi connectivity index (χ3v) is 3.44. The van der Waals surface area contributed by atoms with Gasteiger partial charge < -0.3 is 4.98 Å². The molecule has 18 heavy (non-hydrogen) atoms. The van der Waals surface area contributed by atoms with Crippen molar-refractivity contribution in [1.29, 1.82) is 0 Å². The molecule has 0 saturated carbocycles. The first kappa shape index (κ1) is 11.4. The molecule has 1 aliphatic rings. The molecule has 1 heterocycles. The van der Waals surface area contributed by atoms with Gasteiger partial charge in [-0.3, -0.25) is 4.79 Å². The highest BCUT2D eigenvalue weighted by Crippen LogP contribution is 2.23. The van der Waals surface area contributed by atoms with Crippen molar-refractivity contribution in [1.82, 2.24) is 9.97 Å². The number of nitrogens with one attached hydrogen (secondary N) is 1. The molecule has 1 aromatic carbocycles. The molecule has 2 aromatic rings. The van der Waals surface area contributed by atoms with E-state index in [2.05, 4.69) is 9.97 Å². The first-order chi connectivity index (χ1) is 8.65. The smallest absolute Gasteiger partial charge is 0.254 e. The third-order valence-electron chi connectivity index (χ3n) is 3.13. The lowest BCUT2D eigenvalue weighted by Crippen LogP contribution is -2.15. The number of fused-ring (bicyclic) bond motifs is 1. The number of aryl methyl sites for hydroxylation is 1. The second kappa shape index (κ2) is 4.21. The van der Waals surface area contributed by atoms with Crippen molar-refractivity contribution in [2.75, 3.05) is 0 Å². The Labute approximate surface area is 108 Å². The number of H-pyrrole nitrogens is 1. The van der Waals surface area contributed by atoms with Crippen LogP contribution in [0.15, 0.2) is 23.0 Å². The molecule has 1 N–H and O–H groups in total. The summed E-state index contributed by atoms with van der Waals surface area (Å²) >= 11 is 5.63. The molecular weight excluding hydrogens is 255 g/mol. The van der Waals surface area contributed by atoms with Crippen LogP contribution in [0.4, 0.5) is 4.39 Å². The van der Waals surface area contributed by atoms with Crippen LogP contribution in [0.2, 0.25) is 5.02 Å². The molecule has 3 rings (SSSR count). The Hall–Kier alpha value is -1.68. The predicted molar refractivity (Wildman–Crippen MR) is 67.3 cm³/mol. The summed E-state index contributed by atoms with van der Waals surface area (Å²) in [5.74, 6) is -0.117. The maximum absolute atomic E-state index is 13.4. The fraction of sp³-hybridized carbons (Fsp3) is 0.231. The van der Waals surface area contributed by atoms with Crippen molar-refractivity contribution in [3.63, 3.8) is 0 Å². The average Bonchev–Trinajstić information content (AvgIpc) is 2.81. The van der Waals surface area contributed by atoms with Crippen molar-refractivity contribution in [2.45, 2.75) is 19.3 Å². The Morgan fingerprint density at radius 2 is 2.17 bits per heavy atom. The summed E-state index contributed by atoms with van der Waals surface area (Å²) < 4.78 is 13.4. The van der Waals surface area contributed by atoms with E-state index < -0.39 is 5.82 Å². The number of aromatic nitrogens is 2. The standard InChI is InChI=1S/C13H10ClFN2O/c14-9-5-4-7(6-10(9)15)12-16-11-3-1-2-8(11)13(18)17-12/h4-6H,1-3H2,(H,16,17,18). The molecule has 0 saturated heterocycles. The van der Waals surface area contributed by atoms with Crippen LogP contribution in [0.5, 0.6) is 0 Å². The van der Waals surface area contributed by atoms with E-state index in [1.807, 2.05) is 0 Å². The van der Waals surface area contributed by atoms with E-state index >= 15 is 0 Å². The molecule has 3 nitrogen and oxygen atoms in total. The van der Waals surface area contributed by atoms with Gasteiger partial charge in [-0.05, 0) is 37.5 Å². The number of rotatable bonds is 1. The Bertz CT molecular complexity index is 681. The highest BCUT2D eigenvalue weighted by molar-refractivity contribution is 6.30. The Morgan fingerprint density at radius 3 is 2.94 bits per heavy atom. The maximum atomic E-state index is 13.4. The average molecular weight is 265 g/mol. The zero-order valence-electron chi connectivity index (χ0n) is 9.46. The van der Waals surface area contributed by atoms with E-state index in [0.717, 1.165) is 30.5 Å².